The molecule has 0 aliphatic carbocycles. The molecule has 1 aliphatic heterocycles. The normalized spacial score (nSPS) is 18.6. The van der Waals surface area contributed by atoms with E-state index in [4.69, 9.17) is 4.74 Å². The SMILES string of the molecule is O=C(NCc1ccc(Br)cc1)NCC1CCCO1. The maximum absolute atomic E-state index is 11.6. The highest BCUT2D eigenvalue weighted by Gasteiger charge is 2.15. The first-order chi connectivity index (χ1) is 8.74. The van der Waals surface area contributed by atoms with E-state index in [1.807, 2.05) is 24.3 Å². The fourth-order valence-electron chi connectivity index (χ4n) is 1.86. The molecule has 1 aromatic carbocycles. The molecule has 1 aromatic rings. The second-order valence-corrected chi connectivity index (χ2v) is 5.24. The van der Waals surface area contributed by atoms with Crippen LogP contribution in [0.25, 0.3) is 0 Å². The van der Waals surface area contributed by atoms with Crippen molar-refractivity contribution in [3.63, 3.8) is 0 Å². The van der Waals surface area contributed by atoms with Crippen molar-refractivity contribution in [1.82, 2.24) is 10.6 Å². The highest BCUT2D eigenvalue weighted by atomic mass is 79.9. The second kappa shape index (κ2) is 6.75. The van der Waals surface area contributed by atoms with Gasteiger partial charge in [0.05, 0.1) is 6.10 Å². The van der Waals surface area contributed by atoms with Gasteiger partial charge in [0.2, 0.25) is 0 Å². The van der Waals surface area contributed by atoms with Crippen molar-refractivity contribution >= 4 is 22.0 Å². The average molecular weight is 313 g/mol. The Labute approximate surface area is 115 Å². The molecular formula is C13H17BrN2O2. The molecule has 0 saturated carbocycles. The molecule has 2 amide bonds. The first kappa shape index (κ1) is 13.4. The van der Waals surface area contributed by atoms with Gasteiger partial charge >= 0.3 is 6.03 Å². The van der Waals surface area contributed by atoms with E-state index in [1.54, 1.807) is 0 Å². The number of nitrogens with one attached hydrogen (secondary N) is 2. The van der Waals surface area contributed by atoms with Gasteiger partial charge in [-0.25, -0.2) is 4.79 Å². The molecule has 2 N–H and O–H groups in total. The summed E-state index contributed by atoms with van der Waals surface area (Å²) < 4.78 is 6.47. The highest BCUT2D eigenvalue weighted by Crippen LogP contribution is 2.11. The lowest BCUT2D eigenvalue weighted by molar-refractivity contribution is 0.111. The first-order valence-corrected chi connectivity index (χ1v) is 6.91. The minimum absolute atomic E-state index is 0.145. The fraction of sp³-hybridized carbons (Fsp3) is 0.462. The van der Waals surface area contributed by atoms with Crippen LogP contribution in [0.3, 0.4) is 0 Å². The Kier molecular flexibility index (Phi) is 5.01. The largest absolute Gasteiger partial charge is 0.376 e. The van der Waals surface area contributed by atoms with Crippen LogP contribution < -0.4 is 10.6 Å². The van der Waals surface area contributed by atoms with Gasteiger partial charge in [-0.05, 0) is 30.5 Å². The molecule has 0 aromatic heterocycles. The predicted octanol–water partition coefficient (Wildman–Crippen LogP) is 2.43. The summed E-state index contributed by atoms with van der Waals surface area (Å²) in [7, 11) is 0. The predicted molar refractivity (Wildman–Crippen MR) is 73.4 cm³/mol. The van der Waals surface area contributed by atoms with Crippen molar-refractivity contribution in [2.75, 3.05) is 13.2 Å². The number of carbonyl (C=O) groups excluding carboxylic acids is 1. The molecule has 2 rings (SSSR count). The smallest absolute Gasteiger partial charge is 0.315 e. The van der Waals surface area contributed by atoms with E-state index in [-0.39, 0.29) is 12.1 Å². The summed E-state index contributed by atoms with van der Waals surface area (Å²) in [5.41, 5.74) is 1.07. The molecule has 0 bridgehead atoms. The van der Waals surface area contributed by atoms with Crippen molar-refractivity contribution in [3.05, 3.63) is 34.3 Å². The maximum atomic E-state index is 11.6. The number of ether oxygens (including phenoxy) is 1. The quantitative estimate of drug-likeness (QED) is 0.897. The molecule has 98 valence electrons. The van der Waals surface area contributed by atoms with Crippen LogP contribution >= 0.6 is 15.9 Å². The van der Waals surface area contributed by atoms with Gasteiger partial charge in [-0.2, -0.15) is 0 Å². The molecule has 5 heteroatoms. The van der Waals surface area contributed by atoms with E-state index in [2.05, 4.69) is 26.6 Å². The van der Waals surface area contributed by atoms with Crippen molar-refractivity contribution in [3.8, 4) is 0 Å². The van der Waals surface area contributed by atoms with Gasteiger partial charge < -0.3 is 15.4 Å². The Bertz CT molecular complexity index is 388. The number of carbonyl (C=O) groups is 1. The summed E-state index contributed by atoms with van der Waals surface area (Å²) in [6.45, 7) is 1.93. The lowest BCUT2D eigenvalue weighted by Gasteiger charge is -2.11. The number of hydrogen-bond donors (Lipinski definition) is 2. The first-order valence-electron chi connectivity index (χ1n) is 6.12. The van der Waals surface area contributed by atoms with Gasteiger partial charge in [-0.15, -0.1) is 0 Å². The van der Waals surface area contributed by atoms with Gasteiger partial charge in [0.25, 0.3) is 0 Å². The van der Waals surface area contributed by atoms with E-state index >= 15 is 0 Å². The molecule has 1 aliphatic rings. The molecule has 1 saturated heterocycles. The zero-order valence-electron chi connectivity index (χ0n) is 10.1. The highest BCUT2D eigenvalue weighted by molar-refractivity contribution is 9.10. The van der Waals surface area contributed by atoms with Gasteiger partial charge in [-0.3, -0.25) is 0 Å². The van der Waals surface area contributed by atoms with Gasteiger partial charge in [0, 0.05) is 24.2 Å². The summed E-state index contributed by atoms with van der Waals surface area (Å²) in [6, 6.07) is 7.73. The van der Waals surface area contributed by atoms with Crippen LogP contribution in [0.4, 0.5) is 4.79 Å². The summed E-state index contributed by atoms with van der Waals surface area (Å²) in [5.74, 6) is 0. The number of benzene rings is 1. The Morgan fingerprint density at radius 3 is 2.78 bits per heavy atom. The summed E-state index contributed by atoms with van der Waals surface area (Å²) >= 11 is 3.37. The van der Waals surface area contributed by atoms with Crippen molar-refractivity contribution < 1.29 is 9.53 Å². The van der Waals surface area contributed by atoms with Crippen LogP contribution in [0, 0.1) is 0 Å². The van der Waals surface area contributed by atoms with Crippen molar-refractivity contribution in [1.29, 1.82) is 0 Å². The lowest BCUT2D eigenvalue weighted by atomic mass is 10.2. The molecule has 4 nitrogen and oxygen atoms in total. The van der Waals surface area contributed by atoms with Crippen LogP contribution in [0.15, 0.2) is 28.7 Å². The Hall–Kier alpha value is -1.07. The summed E-state index contributed by atoms with van der Waals surface area (Å²) in [4.78, 5) is 11.6. The van der Waals surface area contributed by atoms with Crippen LogP contribution in [0.1, 0.15) is 18.4 Å². The number of rotatable bonds is 4. The zero-order chi connectivity index (χ0) is 12.8. The van der Waals surface area contributed by atoms with Gasteiger partial charge in [0.1, 0.15) is 0 Å². The summed E-state index contributed by atoms with van der Waals surface area (Å²) in [6.07, 6.45) is 2.31. The van der Waals surface area contributed by atoms with E-state index in [0.29, 0.717) is 13.1 Å². The Morgan fingerprint density at radius 1 is 1.33 bits per heavy atom. The number of amides is 2. The third kappa shape index (κ3) is 4.31. The third-order valence-corrected chi connectivity index (χ3v) is 3.41. The standard InChI is InChI=1S/C13H17BrN2O2/c14-11-5-3-10(4-6-11)8-15-13(17)16-9-12-2-1-7-18-12/h3-6,12H,1-2,7-9H2,(H2,15,16,17). The molecule has 1 unspecified atom stereocenters. The molecule has 1 heterocycles. The Morgan fingerprint density at radius 2 is 2.11 bits per heavy atom. The molecule has 1 fully saturated rings. The second-order valence-electron chi connectivity index (χ2n) is 4.33. The summed E-state index contributed by atoms with van der Waals surface area (Å²) in [5, 5.41) is 5.64. The topological polar surface area (TPSA) is 50.4 Å². The fourth-order valence-corrected chi connectivity index (χ4v) is 2.12. The molecule has 0 radical (unpaired) electrons. The van der Waals surface area contributed by atoms with E-state index in [9.17, 15) is 4.79 Å². The van der Waals surface area contributed by atoms with Crippen molar-refractivity contribution in [2.45, 2.75) is 25.5 Å². The molecule has 1 atom stereocenters. The van der Waals surface area contributed by atoms with E-state index < -0.39 is 0 Å². The van der Waals surface area contributed by atoms with Gasteiger partial charge in [0.15, 0.2) is 0 Å². The number of hydrogen-bond acceptors (Lipinski definition) is 2. The van der Waals surface area contributed by atoms with Crippen LogP contribution in [-0.2, 0) is 11.3 Å². The van der Waals surface area contributed by atoms with Gasteiger partial charge in [-0.1, -0.05) is 28.1 Å². The monoisotopic (exact) mass is 312 g/mol. The van der Waals surface area contributed by atoms with Crippen LogP contribution in [-0.4, -0.2) is 25.3 Å². The lowest BCUT2D eigenvalue weighted by Crippen LogP contribution is -2.39. The Balaban J connectivity index is 1.66. The average Bonchev–Trinajstić information content (AvgIpc) is 2.89. The van der Waals surface area contributed by atoms with E-state index in [0.717, 1.165) is 29.5 Å². The van der Waals surface area contributed by atoms with Crippen molar-refractivity contribution in [2.24, 2.45) is 0 Å². The minimum Gasteiger partial charge on any atom is -0.376 e. The van der Waals surface area contributed by atoms with Crippen LogP contribution in [0.2, 0.25) is 0 Å². The maximum Gasteiger partial charge on any atom is 0.315 e. The molecular weight excluding hydrogens is 296 g/mol. The minimum atomic E-state index is -0.145. The van der Waals surface area contributed by atoms with Crippen LogP contribution in [0.5, 0.6) is 0 Å². The molecule has 18 heavy (non-hydrogen) atoms. The zero-order valence-corrected chi connectivity index (χ0v) is 11.7. The van der Waals surface area contributed by atoms with E-state index in [1.165, 1.54) is 0 Å². The third-order valence-electron chi connectivity index (χ3n) is 2.88. The number of urea groups is 1. The number of halogens is 1. The molecule has 0 spiro atoms.